The van der Waals surface area contributed by atoms with Crippen LogP contribution in [0, 0.1) is 0 Å². The summed E-state index contributed by atoms with van der Waals surface area (Å²) in [5.74, 6) is -0.919. The Labute approximate surface area is 272 Å². The molecule has 0 radical (unpaired) electrons. The molecule has 0 saturated heterocycles. The maximum Gasteiger partial charge on any atom is 0.266 e. The van der Waals surface area contributed by atoms with E-state index < -0.39 is 28.0 Å². The van der Waals surface area contributed by atoms with E-state index in [-0.39, 0.29) is 5.91 Å². The van der Waals surface area contributed by atoms with Gasteiger partial charge in [0.2, 0.25) is 5.91 Å². The minimum atomic E-state index is -4.31. The molecule has 0 aromatic carbocycles. The zero-order valence-electron chi connectivity index (χ0n) is 28.5. The Hall–Kier alpha value is -1.44. The predicted octanol–water partition coefficient (Wildman–Crippen LogP) is 10.2. The monoisotopic (exact) mass is 639 g/mol. The molecule has 1 amide bonds. The number of nitrogens with one attached hydrogen (secondary N) is 1. The molecule has 0 aliphatic carbocycles. The maximum atomic E-state index is 12.5. The third-order valence-corrected chi connectivity index (χ3v) is 8.89. The number of hydrogen-bond donors (Lipinski definition) is 3. The molecular formula is C37H69NO5S. The molecule has 0 saturated carbocycles. The molecule has 7 heteroatoms. The number of carbonyl (C=O) groups is 1. The number of hydrogen-bond acceptors (Lipinski definition) is 4. The maximum absolute atomic E-state index is 12.5. The molecule has 0 aromatic rings. The Kier molecular flexibility index (Phi) is 30.5. The summed E-state index contributed by atoms with van der Waals surface area (Å²) in [5, 5.41) is 13.3. The number of carbonyl (C=O) groups excluding carboxylic acids is 1. The van der Waals surface area contributed by atoms with Gasteiger partial charge < -0.3 is 10.4 Å². The second-order valence-corrected chi connectivity index (χ2v) is 14.0. The minimum Gasteiger partial charge on any atom is -0.391 e. The first kappa shape index (κ1) is 42.6. The largest absolute Gasteiger partial charge is 0.391 e. The number of rotatable bonds is 32. The van der Waals surface area contributed by atoms with Crippen molar-refractivity contribution in [3.05, 3.63) is 36.5 Å². The average Bonchev–Trinajstić information content (AvgIpc) is 2.98. The van der Waals surface area contributed by atoms with Crippen molar-refractivity contribution in [1.29, 1.82) is 0 Å². The minimum absolute atomic E-state index is 0.264. The number of aliphatic hydroxyl groups excluding tert-OH is 1. The van der Waals surface area contributed by atoms with Crippen LogP contribution in [0.4, 0.5) is 0 Å². The molecule has 0 rings (SSSR count). The molecular weight excluding hydrogens is 570 g/mol. The smallest absolute Gasteiger partial charge is 0.266 e. The summed E-state index contributed by atoms with van der Waals surface area (Å²) < 4.78 is 32.4. The van der Waals surface area contributed by atoms with Crippen LogP contribution in [-0.4, -0.2) is 41.9 Å². The third kappa shape index (κ3) is 32.0. The summed E-state index contributed by atoms with van der Waals surface area (Å²) in [4.78, 5) is 12.5. The Morgan fingerprint density at radius 1 is 0.636 bits per heavy atom. The van der Waals surface area contributed by atoms with Crippen molar-refractivity contribution in [3.8, 4) is 0 Å². The summed E-state index contributed by atoms with van der Waals surface area (Å²) in [5.41, 5.74) is 0. The Bertz CT molecular complexity index is 837. The number of amides is 1. The van der Waals surface area contributed by atoms with Crippen molar-refractivity contribution < 1.29 is 22.9 Å². The van der Waals surface area contributed by atoms with Crippen LogP contribution in [0.15, 0.2) is 36.5 Å². The van der Waals surface area contributed by atoms with Gasteiger partial charge in [-0.3, -0.25) is 9.35 Å². The highest BCUT2D eigenvalue weighted by Gasteiger charge is 2.26. The van der Waals surface area contributed by atoms with Crippen molar-refractivity contribution in [2.75, 3.05) is 5.75 Å². The van der Waals surface area contributed by atoms with Crippen LogP contribution >= 0.6 is 0 Å². The van der Waals surface area contributed by atoms with Crippen LogP contribution in [0.5, 0.6) is 0 Å². The molecule has 0 aliphatic heterocycles. The van der Waals surface area contributed by atoms with Crippen LogP contribution < -0.4 is 5.32 Å². The van der Waals surface area contributed by atoms with Gasteiger partial charge in [-0.2, -0.15) is 8.42 Å². The number of allylic oxidation sites excluding steroid dienone is 6. The van der Waals surface area contributed by atoms with E-state index in [1.54, 1.807) is 0 Å². The average molecular weight is 640 g/mol. The van der Waals surface area contributed by atoms with E-state index in [4.69, 9.17) is 0 Å². The summed E-state index contributed by atoms with van der Waals surface area (Å²) in [6, 6.07) is -0.978. The normalized spacial score (nSPS) is 13.8. The zero-order chi connectivity index (χ0) is 32.6. The van der Waals surface area contributed by atoms with Gasteiger partial charge in [-0.25, -0.2) is 0 Å². The summed E-state index contributed by atoms with van der Waals surface area (Å²) in [6.45, 7) is 4.39. The molecule has 6 nitrogen and oxygen atoms in total. The quantitative estimate of drug-likeness (QED) is 0.0386. The number of unbranched alkanes of at least 4 members (excludes halogenated alkanes) is 18. The first-order valence-corrected chi connectivity index (χ1v) is 19.8. The van der Waals surface area contributed by atoms with E-state index in [2.05, 4.69) is 55.6 Å². The van der Waals surface area contributed by atoms with E-state index in [0.717, 1.165) is 77.0 Å². The van der Waals surface area contributed by atoms with E-state index in [0.29, 0.717) is 12.8 Å². The molecule has 0 aromatic heterocycles. The highest BCUT2D eigenvalue weighted by molar-refractivity contribution is 7.85. The highest BCUT2D eigenvalue weighted by Crippen LogP contribution is 2.15. The van der Waals surface area contributed by atoms with Crippen LogP contribution in [0.25, 0.3) is 0 Å². The topological polar surface area (TPSA) is 104 Å². The molecule has 0 fully saturated rings. The van der Waals surface area contributed by atoms with Crippen molar-refractivity contribution in [3.63, 3.8) is 0 Å². The van der Waals surface area contributed by atoms with Gasteiger partial charge in [0.25, 0.3) is 10.1 Å². The lowest BCUT2D eigenvalue weighted by atomic mass is 10.0. The van der Waals surface area contributed by atoms with Gasteiger partial charge >= 0.3 is 0 Å². The summed E-state index contributed by atoms with van der Waals surface area (Å²) >= 11 is 0. The van der Waals surface area contributed by atoms with E-state index in [9.17, 15) is 22.9 Å². The van der Waals surface area contributed by atoms with Crippen LogP contribution in [0.3, 0.4) is 0 Å². The first-order valence-electron chi connectivity index (χ1n) is 18.2. The van der Waals surface area contributed by atoms with Crippen LogP contribution in [0.1, 0.15) is 174 Å². The molecule has 44 heavy (non-hydrogen) atoms. The third-order valence-electron chi connectivity index (χ3n) is 8.11. The molecule has 0 heterocycles. The van der Waals surface area contributed by atoms with E-state index in [1.807, 2.05) is 0 Å². The molecule has 0 spiro atoms. The van der Waals surface area contributed by atoms with Gasteiger partial charge in [-0.15, -0.1) is 0 Å². The van der Waals surface area contributed by atoms with Crippen molar-refractivity contribution >= 4 is 16.0 Å². The fourth-order valence-electron chi connectivity index (χ4n) is 5.41. The van der Waals surface area contributed by atoms with Gasteiger partial charge in [0.1, 0.15) is 0 Å². The molecule has 258 valence electrons. The predicted molar refractivity (Wildman–Crippen MR) is 189 cm³/mol. The Morgan fingerprint density at radius 3 is 1.61 bits per heavy atom. The molecule has 3 N–H and O–H groups in total. The SMILES string of the molecule is CC/C=C\C/C=C\C/C=C\CCCCCCCC(=O)NC(CS(=O)(=O)O)C(O)CCCCCCCCCCCCCCCC. The van der Waals surface area contributed by atoms with Crippen molar-refractivity contribution in [2.24, 2.45) is 0 Å². The Balaban J connectivity index is 3.96. The highest BCUT2D eigenvalue weighted by atomic mass is 32.2. The second kappa shape index (κ2) is 31.5. The van der Waals surface area contributed by atoms with E-state index >= 15 is 0 Å². The van der Waals surface area contributed by atoms with Gasteiger partial charge in [-0.05, 0) is 44.9 Å². The van der Waals surface area contributed by atoms with Gasteiger partial charge in [0, 0.05) is 6.42 Å². The lowest BCUT2D eigenvalue weighted by Crippen LogP contribution is -2.47. The zero-order valence-corrected chi connectivity index (χ0v) is 29.3. The number of aliphatic hydroxyl groups is 1. The lowest BCUT2D eigenvalue weighted by molar-refractivity contribution is -0.122. The van der Waals surface area contributed by atoms with Gasteiger partial charge in [0.05, 0.1) is 17.9 Å². The summed E-state index contributed by atoms with van der Waals surface area (Å²) in [7, 11) is -4.31. The standard InChI is InChI=1S/C37H69NO5S/c1-3-5-7-9-11-13-15-17-19-21-23-25-27-29-31-33-37(40)38-35(34-44(41,42)43)36(39)32-30-28-26-24-22-20-18-16-14-12-10-8-6-4-2/h5,7,11,13,17,19,35-36,39H,3-4,6,8-10,12,14-16,18,20-34H2,1-2H3,(H,38,40)(H,41,42,43)/b7-5-,13-11-,19-17-. The van der Waals surface area contributed by atoms with Gasteiger partial charge in [-0.1, -0.05) is 159 Å². The van der Waals surface area contributed by atoms with Crippen molar-refractivity contribution in [2.45, 2.75) is 187 Å². The van der Waals surface area contributed by atoms with Crippen molar-refractivity contribution in [1.82, 2.24) is 5.32 Å². The lowest BCUT2D eigenvalue weighted by Gasteiger charge is -2.23. The van der Waals surface area contributed by atoms with Gasteiger partial charge in [0.15, 0.2) is 0 Å². The first-order chi connectivity index (χ1) is 21.3. The van der Waals surface area contributed by atoms with Crippen LogP contribution in [0.2, 0.25) is 0 Å². The van der Waals surface area contributed by atoms with E-state index in [1.165, 1.54) is 70.6 Å². The molecule has 0 aliphatic rings. The Morgan fingerprint density at radius 2 is 1.09 bits per heavy atom. The fraction of sp³-hybridized carbons (Fsp3) is 0.811. The molecule has 2 unspecified atom stereocenters. The fourth-order valence-corrected chi connectivity index (χ4v) is 6.17. The molecule has 2 atom stereocenters. The summed E-state index contributed by atoms with van der Waals surface area (Å²) in [6.07, 6.45) is 39.4. The second-order valence-electron chi connectivity index (χ2n) is 12.5. The molecule has 0 bridgehead atoms. The van der Waals surface area contributed by atoms with Crippen LogP contribution in [-0.2, 0) is 14.9 Å².